The molecule has 0 bridgehead atoms. The van der Waals surface area contributed by atoms with Crippen LogP contribution in [0.2, 0.25) is 10.0 Å². The number of carboxylic acids is 1. The summed E-state index contributed by atoms with van der Waals surface area (Å²) in [5, 5.41) is 13.5. The highest BCUT2D eigenvalue weighted by Gasteiger charge is 2.35. The summed E-state index contributed by atoms with van der Waals surface area (Å²) in [7, 11) is 0. The van der Waals surface area contributed by atoms with Crippen molar-refractivity contribution in [2.75, 3.05) is 0 Å². The maximum atomic E-state index is 13.2. The SMILES string of the molecule is O=C(O)CC(NC(=O)c1cc(=O)n(-c2ccccc2Cl)[nH]1)c1cccc(C(F)(F)F)c1Cl. The van der Waals surface area contributed by atoms with Crippen molar-refractivity contribution >= 4 is 35.1 Å². The zero-order chi connectivity index (χ0) is 23.6. The Morgan fingerprint density at radius 1 is 1.12 bits per heavy atom. The third kappa shape index (κ3) is 4.97. The first-order valence-corrected chi connectivity index (χ1v) is 9.70. The lowest BCUT2D eigenvalue weighted by Gasteiger charge is -2.20. The van der Waals surface area contributed by atoms with E-state index in [-0.39, 0.29) is 22.0 Å². The standard InChI is InChI=1S/C20H14Cl2F3N3O4/c21-12-6-1-2-7-15(12)28-16(29)8-14(27-28)19(32)26-13(9-17(30)31)10-4-3-5-11(18(10)22)20(23,24)25/h1-8,13,27H,9H2,(H,26,32)(H,30,31). The molecule has 0 radical (unpaired) electrons. The van der Waals surface area contributed by atoms with Gasteiger partial charge in [0.1, 0.15) is 5.69 Å². The molecular weight excluding hydrogens is 474 g/mol. The molecule has 1 unspecified atom stereocenters. The fourth-order valence-electron chi connectivity index (χ4n) is 3.01. The van der Waals surface area contributed by atoms with E-state index in [1.54, 1.807) is 12.1 Å². The smallest absolute Gasteiger partial charge is 0.417 e. The topological polar surface area (TPSA) is 104 Å². The maximum Gasteiger partial charge on any atom is 0.417 e. The number of aromatic nitrogens is 2. The molecule has 1 atom stereocenters. The van der Waals surface area contributed by atoms with Crippen LogP contribution in [0.25, 0.3) is 5.69 Å². The van der Waals surface area contributed by atoms with Crippen LogP contribution in [0, 0.1) is 0 Å². The molecule has 32 heavy (non-hydrogen) atoms. The Labute approximate surface area is 188 Å². The number of benzene rings is 2. The van der Waals surface area contributed by atoms with Crippen LogP contribution in [0.15, 0.2) is 53.3 Å². The summed E-state index contributed by atoms with van der Waals surface area (Å²) in [4.78, 5) is 36.3. The number of para-hydroxylation sites is 1. The third-order valence-corrected chi connectivity index (χ3v) is 5.19. The number of rotatable bonds is 6. The van der Waals surface area contributed by atoms with Crippen LogP contribution in [0.5, 0.6) is 0 Å². The van der Waals surface area contributed by atoms with Crippen molar-refractivity contribution < 1.29 is 27.9 Å². The number of aromatic amines is 1. The third-order valence-electron chi connectivity index (χ3n) is 4.45. The van der Waals surface area contributed by atoms with E-state index >= 15 is 0 Å². The average Bonchev–Trinajstić information content (AvgIpc) is 3.08. The van der Waals surface area contributed by atoms with Gasteiger partial charge < -0.3 is 10.4 Å². The molecule has 12 heteroatoms. The number of hydrogen-bond acceptors (Lipinski definition) is 3. The van der Waals surface area contributed by atoms with Crippen molar-refractivity contribution in [3.8, 4) is 5.69 Å². The number of amides is 1. The predicted octanol–water partition coefficient (Wildman–Crippen LogP) is 4.44. The quantitative estimate of drug-likeness (QED) is 0.478. The van der Waals surface area contributed by atoms with Crippen molar-refractivity contribution in [3.05, 3.63) is 85.8 Å². The molecule has 0 saturated heterocycles. The van der Waals surface area contributed by atoms with Gasteiger partial charge in [0.15, 0.2) is 0 Å². The zero-order valence-electron chi connectivity index (χ0n) is 15.9. The van der Waals surface area contributed by atoms with E-state index in [2.05, 4.69) is 10.4 Å². The largest absolute Gasteiger partial charge is 0.481 e. The van der Waals surface area contributed by atoms with Crippen molar-refractivity contribution in [2.45, 2.75) is 18.6 Å². The molecule has 7 nitrogen and oxygen atoms in total. The molecule has 2 aromatic carbocycles. The molecular formula is C20H14Cl2F3N3O4. The predicted molar refractivity (Wildman–Crippen MR) is 110 cm³/mol. The molecule has 168 valence electrons. The second-order valence-electron chi connectivity index (χ2n) is 6.63. The molecule has 0 aliphatic rings. The summed E-state index contributed by atoms with van der Waals surface area (Å²) in [5.74, 6) is -2.31. The van der Waals surface area contributed by atoms with Crippen LogP contribution < -0.4 is 10.9 Å². The Kier molecular flexibility index (Phi) is 6.65. The maximum absolute atomic E-state index is 13.2. The molecule has 3 rings (SSSR count). The van der Waals surface area contributed by atoms with E-state index in [0.717, 1.165) is 22.9 Å². The summed E-state index contributed by atoms with van der Waals surface area (Å²) in [6.07, 6.45) is -5.52. The highest BCUT2D eigenvalue weighted by atomic mass is 35.5. The van der Waals surface area contributed by atoms with E-state index in [0.29, 0.717) is 0 Å². The van der Waals surface area contributed by atoms with Gasteiger partial charge in [-0.25, -0.2) is 4.68 Å². The van der Waals surface area contributed by atoms with Gasteiger partial charge in [0.25, 0.3) is 11.5 Å². The molecule has 3 aromatic rings. The minimum Gasteiger partial charge on any atom is -0.481 e. The molecule has 0 aliphatic carbocycles. The van der Waals surface area contributed by atoms with Crippen LogP contribution in [0.3, 0.4) is 0 Å². The van der Waals surface area contributed by atoms with Gasteiger partial charge in [0.05, 0.1) is 33.8 Å². The number of carbonyl (C=O) groups excluding carboxylic acids is 1. The minimum atomic E-state index is -4.78. The average molecular weight is 488 g/mol. The van der Waals surface area contributed by atoms with Crippen LogP contribution in [0.4, 0.5) is 13.2 Å². The van der Waals surface area contributed by atoms with Crippen LogP contribution in [0.1, 0.15) is 34.1 Å². The lowest BCUT2D eigenvalue weighted by molar-refractivity contribution is -0.138. The van der Waals surface area contributed by atoms with Crippen molar-refractivity contribution in [1.82, 2.24) is 15.1 Å². The monoisotopic (exact) mass is 487 g/mol. The number of carboxylic acid groups (broad SMARTS) is 1. The zero-order valence-corrected chi connectivity index (χ0v) is 17.4. The Morgan fingerprint density at radius 2 is 1.81 bits per heavy atom. The summed E-state index contributed by atoms with van der Waals surface area (Å²) in [6.45, 7) is 0. The molecule has 1 aromatic heterocycles. The van der Waals surface area contributed by atoms with Gasteiger partial charge in [-0.1, -0.05) is 47.5 Å². The number of aliphatic carboxylic acids is 1. The lowest BCUT2D eigenvalue weighted by atomic mass is 10.0. The van der Waals surface area contributed by atoms with E-state index in [9.17, 15) is 32.7 Å². The second kappa shape index (κ2) is 9.09. The van der Waals surface area contributed by atoms with E-state index in [1.165, 1.54) is 18.2 Å². The van der Waals surface area contributed by atoms with E-state index in [1.807, 2.05) is 0 Å². The minimum absolute atomic E-state index is 0.225. The van der Waals surface area contributed by atoms with Gasteiger partial charge in [-0.2, -0.15) is 13.2 Å². The number of carbonyl (C=O) groups is 2. The number of H-pyrrole nitrogens is 1. The van der Waals surface area contributed by atoms with Gasteiger partial charge in [0, 0.05) is 6.07 Å². The molecule has 0 fully saturated rings. The molecule has 0 saturated carbocycles. The number of hydrogen-bond donors (Lipinski definition) is 3. The fourth-order valence-corrected chi connectivity index (χ4v) is 3.60. The first-order chi connectivity index (χ1) is 15.0. The summed E-state index contributed by atoms with van der Waals surface area (Å²) in [6, 6.07) is 8.85. The molecule has 3 N–H and O–H groups in total. The van der Waals surface area contributed by atoms with Crippen LogP contribution >= 0.6 is 23.2 Å². The van der Waals surface area contributed by atoms with Crippen LogP contribution in [-0.4, -0.2) is 26.8 Å². The molecule has 0 aliphatic heterocycles. The molecule has 0 spiro atoms. The first kappa shape index (κ1) is 23.4. The number of halogens is 5. The van der Waals surface area contributed by atoms with Gasteiger partial charge in [-0.15, -0.1) is 0 Å². The fraction of sp³-hybridized carbons (Fsp3) is 0.150. The van der Waals surface area contributed by atoms with E-state index in [4.69, 9.17) is 23.2 Å². The van der Waals surface area contributed by atoms with Gasteiger partial charge in [0.2, 0.25) is 0 Å². The number of nitrogens with zero attached hydrogens (tertiary/aromatic N) is 1. The van der Waals surface area contributed by atoms with Gasteiger partial charge in [-0.05, 0) is 23.8 Å². The highest BCUT2D eigenvalue weighted by molar-refractivity contribution is 6.32. The summed E-state index contributed by atoms with van der Waals surface area (Å²) >= 11 is 11.9. The summed E-state index contributed by atoms with van der Waals surface area (Å²) in [5.41, 5.74) is -2.02. The number of nitrogens with one attached hydrogen (secondary N) is 2. The first-order valence-electron chi connectivity index (χ1n) is 8.94. The molecule has 1 amide bonds. The number of alkyl halides is 3. The Balaban J connectivity index is 1.96. The Bertz CT molecular complexity index is 1240. The van der Waals surface area contributed by atoms with E-state index < -0.39 is 46.7 Å². The van der Waals surface area contributed by atoms with Crippen LogP contribution in [-0.2, 0) is 11.0 Å². The van der Waals surface area contributed by atoms with Crippen molar-refractivity contribution in [2.24, 2.45) is 0 Å². The Hall–Kier alpha value is -3.24. The van der Waals surface area contributed by atoms with Gasteiger partial charge >= 0.3 is 12.1 Å². The summed E-state index contributed by atoms with van der Waals surface area (Å²) < 4.78 is 40.5. The van der Waals surface area contributed by atoms with Crippen molar-refractivity contribution in [1.29, 1.82) is 0 Å². The molecule has 1 heterocycles. The lowest BCUT2D eigenvalue weighted by Crippen LogP contribution is -2.31. The van der Waals surface area contributed by atoms with Gasteiger partial charge in [-0.3, -0.25) is 19.5 Å². The highest BCUT2D eigenvalue weighted by Crippen LogP contribution is 2.38. The van der Waals surface area contributed by atoms with Crippen molar-refractivity contribution in [3.63, 3.8) is 0 Å². The Morgan fingerprint density at radius 3 is 2.44 bits per heavy atom. The normalized spacial score (nSPS) is 12.4. The second-order valence-corrected chi connectivity index (χ2v) is 7.41.